The summed E-state index contributed by atoms with van der Waals surface area (Å²) in [5, 5.41) is 19.5. The average Bonchev–Trinajstić information content (AvgIpc) is 2.89. The number of aliphatic imine (C=N–C) groups is 1. The minimum atomic E-state index is -0.638. The Morgan fingerprint density at radius 2 is 1.79 bits per heavy atom. The number of hydrogen-bond acceptors (Lipinski definition) is 4. The van der Waals surface area contributed by atoms with E-state index in [0.29, 0.717) is 25.6 Å². The van der Waals surface area contributed by atoms with Crippen LogP contribution in [0.5, 0.6) is 0 Å². The lowest BCUT2D eigenvalue weighted by atomic mass is 10.0. The zero-order chi connectivity index (χ0) is 18.1. The molecule has 7 heteroatoms. The molecule has 4 N–H and O–H groups in total. The van der Waals surface area contributed by atoms with Gasteiger partial charge in [0.05, 0.1) is 12.1 Å². The summed E-state index contributed by atoms with van der Waals surface area (Å²) in [5.41, 5.74) is -1.12. The van der Waals surface area contributed by atoms with Crippen molar-refractivity contribution in [2.24, 2.45) is 4.99 Å². The summed E-state index contributed by atoms with van der Waals surface area (Å²) < 4.78 is 5.18. The van der Waals surface area contributed by atoms with Crippen LogP contribution in [0.15, 0.2) is 4.99 Å². The van der Waals surface area contributed by atoms with Gasteiger partial charge in [-0.25, -0.2) is 4.79 Å². The fourth-order valence-electron chi connectivity index (χ4n) is 2.56. The normalized spacial score (nSPS) is 17.5. The molecule has 0 aromatic heterocycles. The molecule has 140 valence electrons. The molecule has 0 unspecified atom stereocenters. The van der Waals surface area contributed by atoms with Gasteiger partial charge >= 0.3 is 6.09 Å². The molecular weight excluding hydrogens is 308 g/mol. The summed E-state index contributed by atoms with van der Waals surface area (Å²) in [6.07, 6.45) is 4.17. The van der Waals surface area contributed by atoms with Crippen LogP contribution >= 0.6 is 0 Å². The molecule has 1 aliphatic carbocycles. The van der Waals surface area contributed by atoms with E-state index < -0.39 is 17.3 Å². The smallest absolute Gasteiger partial charge is 0.407 e. The third-order valence-corrected chi connectivity index (χ3v) is 3.72. The summed E-state index contributed by atoms with van der Waals surface area (Å²) in [6, 6.07) is 0. The highest BCUT2D eigenvalue weighted by atomic mass is 16.6. The van der Waals surface area contributed by atoms with Crippen LogP contribution in [0.1, 0.15) is 59.8 Å². The molecule has 0 heterocycles. The van der Waals surface area contributed by atoms with Gasteiger partial charge in [0, 0.05) is 19.6 Å². The summed E-state index contributed by atoms with van der Waals surface area (Å²) in [4.78, 5) is 16.0. The number of amides is 1. The second-order valence-electron chi connectivity index (χ2n) is 7.34. The molecular formula is C17H34N4O3. The molecule has 1 amide bonds. The topological polar surface area (TPSA) is 95.0 Å². The number of rotatable bonds is 7. The van der Waals surface area contributed by atoms with E-state index in [1.54, 1.807) is 0 Å². The molecule has 0 aromatic rings. The predicted molar refractivity (Wildman–Crippen MR) is 96.3 cm³/mol. The average molecular weight is 342 g/mol. The van der Waals surface area contributed by atoms with E-state index >= 15 is 0 Å². The van der Waals surface area contributed by atoms with Crippen molar-refractivity contribution in [3.8, 4) is 0 Å². The summed E-state index contributed by atoms with van der Waals surface area (Å²) >= 11 is 0. The molecule has 0 bridgehead atoms. The molecule has 0 radical (unpaired) electrons. The third-order valence-electron chi connectivity index (χ3n) is 3.72. The van der Waals surface area contributed by atoms with Crippen LogP contribution < -0.4 is 16.0 Å². The Kier molecular flexibility index (Phi) is 8.31. The fourth-order valence-corrected chi connectivity index (χ4v) is 2.56. The van der Waals surface area contributed by atoms with Crippen molar-refractivity contribution in [1.29, 1.82) is 0 Å². The van der Waals surface area contributed by atoms with Crippen molar-refractivity contribution < 1.29 is 14.6 Å². The summed E-state index contributed by atoms with van der Waals surface area (Å²) in [5.74, 6) is 0.704. The Balaban J connectivity index is 2.25. The quantitative estimate of drug-likeness (QED) is 0.321. The van der Waals surface area contributed by atoms with Gasteiger partial charge in [0.1, 0.15) is 5.60 Å². The van der Waals surface area contributed by atoms with Crippen LogP contribution in [-0.4, -0.2) is 54.5 Å². The molecule has 0 aromatic carbocycles. The van der Waals surface area contributed by atoms with Gasteiger partial charge in [0.15, 0.2) is 5.96 Å². The number of hydrogen-bond donors (Lipinski definition) is 4. The molecule has 0 atom stereocenters. The van der Waals surface area contributed by atoms with Crippen molar-refractivity contribution >= 4 is 12.1 Å². The van der Waals surface area contributed by atoms with E-state index in [1.807, 2.05) is 27.7 Å². The molecule has 0 aliphatic heterocycles. The number of carbonyl (C=O) groups excluding carboxylic acids is 1. The highest BCUT2D eigenvalue weighted by molar-refractivity contribution is 5.79. The van der Waals surface area contributed by atoms with Gasteiger partial charge in [-0.1, -0.05) is 12.8 Å². The Hall–Kier alpha value is -1.50. The van der Waals surface area contributed by atoms with Crippen LogP contribution in [0.3, 0.4) is 0 Å². The molecule has 1 aliphatic rings. The van der Waals surface area contributed by atoms with Crippen LogP contribution in [0, 0.1) is 0 Å². The zero-order valence-electron chi connectivity index (χ0n) is 15.6. The molecule has 0 spiro atoms. The molecule has 1 fully saturated rings. The van der Waals surface area contributed by atoms with Crippen molar-refractivity contribution in [2.75, 3.05) is 26.2 Å². The van der Waals surface area contributed by atoms with Crippen molar-refractivity contribution in [1.82, 2.24) is 16.0 Å². The van der Waals surface area contributed by atoms with Crippen LogP contribution in [-0.2, 0) is 4.74 Å². The SMILES string of the molecule is CCNC(=NCC1(O)CCCC1)NCCCNC(=O)OC(C)(C)C. The monoisotopic (exact) mass is 342 g/mol. The van der Waals surface area contributed by atoms with E-state index in [1.165, 1.54) is 0 Å². The van der Waals surface area contributed by atoms with Crippen LogP contribution in [0.4, 0.5) is 4.79 Å². The van der Waals surface area contributed by atoms with E-state index in [9.17, 15) is 9.90 Å². The Labute approximate surface area is 145 Å². The number of nitrogens with zero attached hydrogens (tertiary/aromatic N) is 1. The number of ether oxygens (including phenoxy) is 1. The van der Waals surface area contributed by atoms with Crippen LogP contribution in [0.2, 0.25) is 0 Å². The van der Waals surface area contributed by atoms with Gasteiger partial charge in [-0.2, -0.15) is 0 Å². The van der Waals surface area contributed by atoms with E-state index in [0.717, 1.165) is 38.6 Å². The number of alkyl carbamates (subject to hydrolysis) is 1. The van der Waals surface area contributed by atoms with Crippen molar-refractivity contribution in [2.45, 2.75) is 71.0 Å². The lowest BCUT2D eigenvalue weighted by Gasteiger charge is -2.21. The first-order valence-corrected chi connectivity index (χ1v) is 8.95. The zero-order valence-corrected chi connectivity index (χ0v) is 15.6. The van der Waals surface area contributed by atoms with Gasteiger partial charge in [0.25, 0.3) is 0 Å². The van der Waals surface area contributed by atoms with Crippen LogP contribution in [0.25, 0.3) is 0 Å². The van der Waals surface area contributed by atoms with Gasteiger partial charge in [-0.3, -0.25) is 4.99 Å². The number of aliphatic hydroxyl groups is 1. The molecule has 1 saturated carbocycles. The maximum atomic E-state index is 11.5. The first-order chi connectivity index (χ1) is 11.2. The summed E-state index contributed by atoms with van der Waals surface area (Å²) in [7, 11) is 0. The van der Waals surface area contributed by atoms with Crippen molar-refractivity contribution in [3.05, 3.63) is 0 Å². The number of carbonyl (C=O) groups is 1. The maximum Gasteiger partial charge on any atom is 0.407 e. The Morgan fingerprint density at radius 3 is 2.38 bits per heavy atom. The molecule has 24 heavy (non-hydrogen) atoms. The minimum Gasteiger partial charge on any atom is -0.444 e. The number of guanidine groups is 1. The highest BCUT2D eigenvalue weighted by Crippen LogP contribution is 2.29. The summed E-state index contributed by atoms with van der Waals surface area (Å²) in [6.45, 7) is 9.93. The first-order valence-electron chi connectivity index (χ1n) is 8.95. The number of nitrogens with one attached hydrogen (secondary N) is 3. The third kappa shape index (κ3) is 8.96. The molecule has 1 rings (SSSR count). The second-order valence-corrected chi connectivity index (χ2v) is 7.34. The maximum absolute atomic E-state index is 11.5. The van der Waals surface area contributed by atoms with Crippen molar-refractivity contribution in [3.63, 3.8) is 0 Å². The first kappa shape index (κ1) is 20.5. The van der Waals surface area contributed by atoms with Gasteiger partial charge < -0.3 is 25.8 Å². The second kappa shape index (κ2) is 9.71. The minimum absolute atomic E-state index is 0.397. The predicted octanol–water partition coefficient (Wildman–Crippen LogP) is 1.76. The lowest BCUT2D eigenvalue weighted by molar-refractivity contribution is 0.0526. The highest BCUT2D eigenvalue weighted by Gasteiger charge is 2.30. The lowest BCUT2D eigenvalue weighted by Crippen LogP contribution is -2.40. The largest absolute Gasteiger partial charge is 0.444 e. The van der Waals surface area contributed by atoms with E-state index in [2.05, 4.69) is 20.9 Å². The Morgan fingerprint density at radius 1 is 1.17 bits per heavy atom. The van der Waals surface area contributed by atoms with E-state index in [-0.39, 0.29) is 0 Å². The van der Waals surface area contributed by atoms with Gasteiger partial charge in [-0.05, 0) is 47.0 Å². The van der Waals surface area contributed by atoms with E-state index in [4.69, 9.17) is 4.74 Å². The standard InChI is InChI=1S/C17H34N4O3/c1-5-18-14(21-13-17(23)9-6-7-10-17)19-11-8-12-20-15(22)24-16(2,3)4/h23H,5-13H2,1-4H3,(H,20,22)(H2,18,19,21). The fraction of sp³-hybridized carbons (Fsp3) is 0.882. The molecule has 0 saturated heterocycles. The van der Waals surface area contributed by atoms with Gasteiger partial charge in [0.2, 0.25) is 0 Å². The molecule has 7 nitrogen and oxygen atoms in total. The van der Waals surface area contributed by atoms with Gasteiger partial charge in [-0.15, -0.1) is 0 Å². The Bertz CT molecular complexity index is 413.